The number of aliphatic hydroxyl groups excluding tert-OH is 1. The number of rotatable bonds is 7. The van der Waals surface area contributed by atoms with Crippen molar-refractivity contribution in [2.75, 3.05) is 18.6 Å². The number of anilines is 1. The molecule has 2 aromatic carbocycles. The van der Waals surface area contributed by atoms with Crippen LogP contribution in [0.1, 0.15) is 40.0 Å². The molecule has 39 heavy (non-hydrogen) atoms. The van der Waals surface area contributed by atoms with Gasteiger partial charge < -0.3 is 19.9 Å². The van der Waals surface area contributed by atoms with Crippen molar-refractivity contribution in [3.63, 3.8) is 0 Å². The van der Waals surface area contributed by atoms with E-state index in [0.29, 0.717) is 17.7 Å². The lowest BCUT2D eigenvalue weighted by molar-refractivity contribution is 0.0950. The van der Waals surface area contributed by atoms with E-state index in [9.17, 15) is 27.6 Å². The Balaban J connectivity index is 1.68. The van der Waals surface area contributed by atoms with E-state index < -0.39 is 72.1 Å². The summed E-state index contributed by atoms with van der Waals surface area (Å²) in [7, 11) is 1.53. The maximum absolute atomic E-state index is 15.0. The fraction of sp³-hybridized carbons (Fsp3) is 0.269. The smallest absolute Gasteiger partial charge is 0.325 e. The van der Waals surface area contributed by atoms with E-state index in [4.69, 9.17) is 16.7 Å². The molecule has 0 fully saturated rings. The highest BCUT2D eigenvalue weighted by atomic mass is 35.5. The van der Waals surface area contributed by atoms with Gasteiger partial charge >= 0.3 is 6.03 Å². The van der Waals surface area contributed by atoms with Crippen LogP contribution in [-0.4, -0.2) is 40.2 Å². The summed E-state index contributed by atoms with van der Waals surface area (Å²) in [4.78, 5) is 41.0. The molecule has 0 spiro atoms. The second-order valence-corrected chi connectivity index (χ2v) is 9.36. The molecule has 2 N–H and O–H groups in total. The summed E-state index contributed by atoms with van der Waals surface area (Å²) in [5, 5.41) is 11.3. The van der Waals surface area contributed by atoms with Crippen LogP contribution in [0.25, 0.3) is 0 Å². The van der Waals surface area contributed by atoms with Crippen molar-refractivity contribution >= 4 is 29.2 Å². The van der Waals surface area contributed by atoms with Crippen molar-refractivity contribution in [2.45, 2.75) is 32.6 Å². The number of aromatic nitrogens is 1. The van der Waals surface area contributed by atoms with Crippen LogP contribution in [-0.2, 0) is 19.6 Å². The SMILES string of the molecule is CC1c2ccc(C(=O)NCc3c(F)cc(F)cc3F)cc2N(Cc2c(Cl)cn(CCO)c(=O)c2F)C(=O)N1C. The molecule has 13 heteroatoms. The van der Waals surface area contributed by atoms with Crippen LogP contribution < -0.4 is 15.8 Å². The Morgan fingerprint density at radius 1 is 1.08 bits per heavy atom. The molecule has 3 aromatic rings. The molecule has 0 radical (unpaired) electrons. The lowest BCUT2D eigenvalue weighted by Gasteiger charge is -2.39. The standard InChI is InChI=1S/C26H23ClF4N4O4/c1-13-16-4-3-14(24(37)32-10-17-20(29)8-15(28)9-21(17)30)7-22(16)35(26(39)33(13)2)11-18-19(27)12-34(5-6-36)25(38)23(18)31/h3-4,7-9,12-13,36H,5-6,10-11H2,1-2H3,(H,32,37). The summed E-state index contributed by atoms with van der Waals surface area (Å²) in [5.74, 6) is -5.35. The summed E-state index contributed by atoms with van der Waals surface area (Å²) in [6.07, 6.45) is 1.16. The van der Waals surface area contributed by atoms with Gasteiger partial charge in [-0.2, -0.15) is 0 Å². The first-order valence-corrected chi connectivity index (χ1v) is 12.1. The van der Waals surface area contributed by atoms with Crippen LogP contribution in [0.15, 0.2) is 41.3 Å². The molecule has 1 aliphatic rings. The normalized spacial score (nSPS) is 15.0. The molecule has 0 saturated heterocycles. The first-order chi connectivity index (χ1) is 18.4. The molecule has 1 unspecified atom stereocenters. The van der Waals surface area contributed by atoms with E-state index in [1.807, 2.05) is 0 Å². The topological polar surface area (TPSA) is 94.9 Å². The summed E-state index contributed by atoms with van der Waals surface area (Å²) < 4.78 is 57.1. The van der Waals surface area contributed by atoms with Crippen LogP contribution in [0.3, 0.4) is 0 Å². The van der Waals surface area contributed by atoms with Gasteiger partial charge in [-0.05, 0) is 24.6 Å². The monoisotopic (exact) mass is 566 g/mol. The molecular formula is C26H23ClF4N4O4. The fourth-order valence-electron chi connectivity index (χ4n) is 4.31. The highest BCUT2D eigenvalue weighted by molar-refractivity contribution is 6.31. The van der Waals surface area contributed by atoms with Gasteiger partial charge in [0.1, 0.15) is 17.5 Å². The van der Waals surface area contributed by atoms with E-state index in [1.165, 1.54) is 24.1 Å². The predicted molar refractivity (Wildman–Crippen MR) is 134 cm³/mol. The molecule has 1 aliphatic heterocycles. The second kappa shape index (κ2) is 11.1. The molecule has 3 amide bonds. The molecular weight excluding hydrogens is 544 g/mol. The fourth-order valence-corrected chi connectivity index (χ4v) is 4.57. The van der Waals surface area contributed by atoms with Crippen molar-refractivity contribution < 1.29 is 32.3 Å². The number of urea groups is 1. The van der Waals surface area contributed by atoms with Gasteiger partial charge in [-0.1, -0.05) is 17.7 Å². The van der Waals surface area contributed by atoms with Gasteiger partial charge in [0.05, 0.1) is 29.9 Å². The van der Waals surface area contributed by atoms with Gasteiger partial charge in [-0.15, -0.1) is 0 Å². The quantitative estimate of drug-likeness (QED) is 0.421. The average Bonchev–Trinajstić information content (AvgIpc) is 2.89. The molecule has 4 rings (SSSR count). The van der Waals surface area contributed by atoms with E-state index in [0.717, 1.165) is 15.7 Å². The first-order valence-electron chi connectivity index (χ1n) is 11.7. The molecule has 8 nitrogen and oxygen atoms in total. The van der Waals surface area contributed by atoms with Crippen LogP contribution >= 0.6 is 11.6 Å². The lowest BCUT2D eigenvalue weighted by atomic mass is 9.98. The van der Waals surface area contributed by atoms with Crippen LogP contribution in [0.5, 0.6) is 0 Å². The molecule has 0 bridgehead atoms. The summed E-state index contributed by atoms with van der Waals surface area (Å²) in [5.41, 5.74) is -0.938. The number of fused-ring (bicyclic) bond motifs is 1. The maximum Gasteiger partial charge on any atom is 0.325 e. The Labute approximate surface area is 225 Å². The predicted octanol–water partition coefficient (Wildman–Crippen LogP) is 4.11. The molecule has 1 aromatic heterocycles. The summed E-state index contributed by atoms with van der Waals surface area (Å²) in [6.45, 7) is 0.143. The lowest BCUT2D eigenvalue weighted by Crippen LogP contribution is -2.47. The number of hydrogen-bond acceptors (Lipinski definition) is 4. The van der Waals surface area contributed by atoms with Gasteiger partial charge in [-0.25, -0.2) is 22.4 Å². The minimum atomic E-state index is -1.19. The molecule has 2 heterocycles. The molecule has 0 aliphatic carbocycles. The summed E-state index contributed by atoms with van der Waals surface area (Å²) in [6, 6.07) is 4.41. The average molecular weight is 567 g/mol. The van der Waals surface area contributed by atoms with E-state index >= 15 is 4.39 Å². The number of nitrogens with one attached hydrogen (secondary N) is 1. The Morgan fingerprint density at radius 3 is 2.38 bits per heavy atom. The number of halogens is 5. The zero-order valence-corrected chi connectivity index (χ0v) is 21.5. The van der Waals surface area contributed by atoms with Crippen molar-refractivity contribution in [2.24, 2.45) is 0 Å². The van der Waals surface area contributed by atoms with Crippen molar-refractivity contribution in [1.29, 1.82) is 0 Å². The van der Waals surface area contributed by atoms with E-state index in [1.54, 1.807) is 13.0 Å². The van der Waals surface area contributed by atoms with Crippen molar-refractivity contribution in [3.8, 4) is 0 Å². The molecule has 1 atom stereocenters. The third-order valence-corrected chi connectivity index (χ3v) is 6.93. The number of carbonyl (C=O) groups is 2. The number of pyridine rings is 1. The Kier molecular flexibility index (Phi) is 7.98. The Bertz CT molecular complexity index is 1510. The number of benzene rings is 2. The minimum absolute atomic E-state index is 0.0242. The van der Waals surface area contributed by atoms with Gasteiger partial charge in [0, 0.05) is 55.2 Å². The summed E-state index contributed by atoms with van der Waals surface area (Å²) >= 11 is 6.24. The first kappa shape index (κ1) is 28.1. The van der Waals surface area contributed by atoms with Gasteiger partial charge in [0.25, 0.3) is 11.5 Å². The number of aliphatic hydroxyl groups is 1. The number of hydrogen-bond donors (Lipinski definition) is 2. The third kappa shape index (κ3) is 5.34. The van der Waals surface area contributed by atoms with Crippen LogP contribution in [0, 0.1) is 23.3 Å². The Hall–Kier alpha value is -3.90. The number of amides is 3. The largest absolute Gasteiger partial charge is 0.395 e. The number of carbonyl (C=O) groups excluding carboxylic acids is 2. The zero-order valence-electron chi connectivity index (χ0n) is 20.8. The number of nitrogens with zero attached hydrogens (tertiary/aromatic N) is 3. The highest BCUT2D eigenvalue weighted by Crippen LogP contribution is 2.38. The second-order valence-electron chi connectivity index (χ2n) is 8.95. The van der Waals surface area contributed by atoms with Gasteiger partial charge in [0.2, 0.25) is 0 Å². The van der Waals surface area contributed by atoms with Crippen molar-refractivity contribution in [1.82, 2.24) is 14.8 Å². The van der Waals surface area contributed by atoms with Gasteiger partial charge in [-0.3, -0.25) is 14.5 Å². The molecule has 206 valence electrons. The minimum Gasteiger partial charge on any atom is -0.395 e. The third-order valence-electron chi connectivity index (χ3n) is 6.61. The Morgan fingerprint density at radius 2 is 1.74 bits per heavy atom. The maximum atomic E-state index is 15.0. The molecule has 0 saturated carbocycles. The van der Waals surface area contributed by atoms with E-state index in [-0.39, 0.29) is 28.4 Å². The zero-order chi connectivity index (χ0) is 28.6. The van der Waals surface area contributed by atoms with E-state index in [2.05, 4.69) is 5.32 Å². The van der Waals surface area contributed by atoms with Crippen molar-refractivity contribution in [3.05, 3.63) is 97.4 Å². The highest BCUT2D eigenvalue weighted by Gasteiger charge is 2.35. The van der Waals surface area contributed by atoms with Crippen LogP contribution in [0.4, 0.5) is 28.0 Å². The van der Waals surface area contributed by atoms with Crippen LogP contribution in [0.2, 0.25) is 5.02 Å². The van der Waals surface area contributed by atoms with Gasteiger partial charge in [0.15, 0.2) is 5.82 Å².